The first-order chi connectivity index (χ1) is 6.65. The number of nitrogens with zero attached hydrogens (tertiary/aromatic N) is 1. The van der Waals surface area contributed by atoms with Crippen LogP contribution in [0.25, 0.3) is 0 Å². The Morgan fingerprint density at radius 3 is 2.29 bits per heavy atom. The first-order valence-electron chi connectivity index (χ1n) is 6.10. The molecule has 2 N–H and O–H groups in total. The van der Waals surface area contributed by atoms with Crippen LogP contribution in [0.3, 0.4) is 0 Å². The number of fused-ring (bicyclic) bond motifs is 1. The van der Waals surface area contributed by atoms with Crippen molar-refractivity contribution in [2.75, 3.05) is 19.6 Å². The van der Waals surface area contributed by atoms with Crippen LogP contribution in [0.5, 0.6) is 0 Å². The molecule has 0 spiro atoms. The Labute approximate surface area is 86.8 Å². The van der Waals surface area contributed by atoms with Crippen molar-refractivity contribution >= 4 is 0 Å². The maximum absolute atomic E-state index is 6.01. The van der Waals surface area contributed by atoms with Crippen molar-refractivity contribution in [1.82, 2.24) is 4.90 Å². The lowest BCUT2D eigenvalue weighted by Crippen LogP contribution is -2.53. The molecule has 0 amide bonds. The monoisotopic (exact) mass is 194 g/mol. The first-order valence-corrected chi connectivity index (χ1v) is 6.10. The zero-order valence-corrected chi connectivity index (χ0v) is 9.37. The van der Waals surface area contributed by atoms with E-state index in [1.807, 2.05) is 0 Å². The Morgan fingerprint density at radius 2 is 1.86 bits per heavy atom. The van der Waals surface area contributed by atoms with E-state index in [0.29, 0.717) is 5.54 Å². The Morgan fingerprint density at radius 1 is 1.29 bits per heavy atom. The van der Waals surface area contributed by atoms with Crippen LogP contribution >= 0.6 is 0 Å². The molecular weight excluding hydrogens is 172 g/mol. The molecule has 0 radical (unpaired) electrons. The van der Waals surface area contributed by atoms with Gasteiger partial charge in [-0.05, 0) is 43.4 Å². The summed E-state index contributed by atoms with van der Waals surface area (Å²) in [5.41, 5.74) is 6.33. The molecule has 0 aromatic heterocycles. The van der Waals surface area contributed by atoms with Gasteiger partial charge in [0.1, 0.15) is 0 Å². The molecule has 80 valence electrons. The molecule has 1 heterocycles. The van der Waals surface area contributed by atoms with Crippen LogP contribution in [-0.4, -0.2) is 30.1 Å². The third-order valence-corrected chi connectivity index (χ3v) is 5.02. The molecule has 14 heavy (non-hydrogen) atoms. The number of hydrogen-bond acceptors (Lipinski definition) is 2. The van der Waals surface area contributed by atoms with E-state index in [4.69, 9.17) is 5.73 Å². The molecule has 2 saturated carbocycles. The van der Waals surface area contributed by atoms with Crippen molar-refractivity contribution in [1.29, 1.82) is 0 Å². The topological polar surface area (TPSA) is 29.3 Å². The predicted molar refractivity (Wildman–Crippen MR) is 57.9 cm³/mol. The number of likely N-dealkylation sites (tertiary alicyclic amines) is 1. The molecule has 0 aromatic rings. The Balaban J connectivity index is 1.72. The summed E-state index contributed by atoms with van der Waals surface area (Å²) in [5.74, 6) is 3.87. The van der Waals surface area contributed by atoms with Gasteiger partial charge in [0.25, 0.3) is 0 Å². The van der Waals surface area contributed by atoms with E-state index in [-0.39, 0.29) is 0 Å². The standard InChI is InChI=1S/C12H22N2/c1-8-3-11(8)12(2,7-13)14-5-9-4-10(9)6-14/h8-11H,3-7,13H2,1-2H3. The van der Waals surface area contributed by atoms with E-state index >= 15 is 0 Å². The van der Waals surface area contributed by atoms with Crippen LogP contribution in [0.2, 0.25) is 0 Å². The van der Waals surface area contributed by atoms with E-state index in [1.165, 1.54) is 25.9 Å². The van der Waals surface area contributed by atoms with Crippen LogP contribution in [-0.2, 0) is 0 Å². The predicted octanol–water partition coefficient (Wildman–Crippen LogP) is 1.31. The summed E-state index contributed by atoms with van der Waals surface area (Å²) >= 11 is 0. The number of hydrogen-bond donors (Lipinski definition) is 1. The Bertz CT molecular complexity index is 243. The van der Waals surface area contributed by atoms with Crippen molar-refractivity contribution in [3.8, 4) is 0 Å². The summed E-state index contributed by atoms with van der Waals surface area (Å²) < 4.78 is 0. The summed E-state index contributed by atoms with van der Waals surface area (Å²) in [6, 6.07) is 0. The molecule has 1 aliphatic heterocycles. The van der Waals surface area contributed by atoms with Gasteiger partial charge in [-0.2, -0.15) is 0 Å². The fraction of sp³-hybridized carbons (Fsp3) is 1.00. The van der Waals surface area contributed by atoms with Gasteiger partial charge in [0, 0.05) is 25.2 Å². The molecule has 0 bridgehead atoms. The summed E-state index contributed by atoms with van der Waals surface area (Å²) in [6.07, 6.45) is 2.90. The molecule has 2 heteroatoms. The van der Waals surface area contributed by atoms with Gasteiger partial charge < -0.3 is 5.73 Å². The van der Waals surface area contributed by atoms with Crippen molar-refractivity contribution < 1.29 is 0 Å². The molecule has 2 aliphatic carbocycles. The van der Waals surface area contributed by atoms with Gasteiger partial charge >= 0.3 is 0 Å². The van der Waals surface area contributed by atoms with E-state index < -0.39 is 0 Å². The maximum atomic E-state index is 6.01. The quantitative estimate of drug-likeness (QED) is 0.734. The lowest BCUT2D eigenvalue weighted by Gasteiger charge is -2.40. The van der Waals surface area contributed by atoms with E-state index in [9.17, 15) is 0 Å². The fourth-order valence-electron chi connectivity index (χ4n) is 3.52. The van der Waals surface area contributed by atoms with Gasteiger partial charge in [0.2, 0.25) is 0 Å². The molecule has 5 atom stereocenters. The summed E-state index contributed by atoms with van der Waals surface area (Å²) in [4.78, 5) is 2.69. The maximum Gasteiger partial charge on any atom is 0.0334 e. The minimum Gasteiger partial charge on any atom is -0.329 e. The second kappa shape index (κ2) is 2.73. The first kappa shape index (κ1) is 9.17. The highest BCUT2D eigenvalue weighted by molar-refractivity contribution is 5.09. The fourth-order valence-corrected chi connectivity index (χ4v) is 3.52. The van der Waals surface area contributed by atoms with Crippen LogP contribution in [0.4, 0.5) is 0 Å². The number of piperidine rings is 1. The van der Waals surface area contributed by atoms with Crippen molar-refractivity contribution in [2.45, 2.75) is 32.2 Å². The lowest BCUT2D eigenvalue weighted by atomic mass is 9.92. The van der Waals surface area contributed by atoms with Gasteiger partial charge in [-0.15, -0.1) is 0 Å². The average Bonchev–Trinajstić information content (AvgIpc) is 3.06. The SMILES string of the molecule is CC1CC1C(C)(CN)N1CC2CC2C1. The Kier molecular flexibility index (Phi) is 1.79. The molecular formula is C12H22N2. The second-order valence-corrected chi connectivity index (χ2v) is 6.04. The van der Waals surface area contributed by atoms with Gasteiger partial charge in [-0.25, -0.2) is 0 Å². The number of rotatable bonds is 3. The van der Waals surface area contributed by atoms with Crippen LogP contribution in [0, 0.1) is 23.7 Å². The largest absolute Gasteiger partial charge is 0.329 e. The molecule has 3 rings (SSSR count). The Hall–Kier alpha value is -0.0800. The average molecular weight is 194 g/mol. The van der Waals surface area contributed by atoms with Gasteiger partial charge in [0.15, 0.2) is 0 Å². The molecule has 0 aromatic carbocycles. The third kappa shape index (κ3) is 1.17. The van der Waals surface area contributed by atoms with Crippen molar-refractivity contribution in [3.05, 3.63) is 0 Å². The smallest absolute Gasteiger partial charge is 0.0334 e. The molecule has 3 aliphatic rings. The van der Waals surface area contributed by atoms with E-state index in [0.717, 1.165) is 30.2 Å². The molecule has 5 unspecified atom stereocenters. The van der Waals surface area contributed by atoms with Gasteiger partial charge in [-0.1, -0.05) is 6.92 Å². The number of nitrogens with two attached hydrogens (primary N) is 1. The van der Waals surface area contributed by atoms with Gasteiger partial charge in [0.05, 0.1) is 0 Å². The molecule has 3 fully saturated rings. The van der Waals surface area contributed by atoms with Gasteiger partial charge in [-0.3, -0.25) is 4.90 Å². The zero-order chi connectivity index (χ0) is 9.92. The normalized spacial score (nSPS) is 49.9. The summed E-state index contributed by atoms with van der Waals surface area (Å²) in [5, 5.41) is 0. The van der Waals surface area contributed by atoms with Crippen LogP contribution in [0.15, 0.2) is 0 Å². The highest BCUT2D eigenvalue weighted by Gasteiger charge is 2.55. The van der Waals surface area contributed by atoms with Crippen LogP contribution in [0.1, 0.15) is 26.7 Å². The highest BCUT2D eigenvalue weighted by Crippen LogP contribution is 2.53. The van der Waals surface area contributed by atoms with E-state index in [2.05, 4.69) is 18.7 Å². The summed E-state index contributed by atoms with van der Waals surface area (Å²) in [7, 11) is 0. The molecule has 2 nitrogen and oxygen atoms in total. The third-order valence-electron chi connectivity index (χ3n) is 5.02. The minimum atomic E-state index is 0.326. The second-order valence-electron chi connectivity index (χ2n) is 6.04. The van der Waals surface area contributed by atoms with Crippen molar-refractivity contribution in [3.63, 3.8) is 0 Å². The minimum absolute atomic E-state index is 0.326. The zero-order valence-electron chi connectivity index (χ0n) is 9.37. The molecule has 1 saturated heterocycles. The highest BCUT2D eigenvalue weighted by atomic mass is 15.3. The summed E-state index contributed by atoms with van der Waals surface area (Å²) in [6.45, 7) is 8.28. The van der Waals surface area contributed by atoms with Crippen LogP contribution < -0.4 is 5.73 Å². The lowest BCUT2D eigenvalue weighted by molar-refractivity contribution is 0.0992. The van der Waals surface area contributed by atoms with Crippen molar-refractivity contribution in [2.24, 2.45) is 29.4 Å². The van der Waals surface area contributed by atoms with E-state index in [1.54, 1.807) is 0 Å².